The molecule has 0 aliphatic heterocycles. The Morgan fingerprint density at radius 2 is 2.17 bits per heavy atom. The van der Waals surface area contributed by atoms with E-state index in [0.717, 1.165) is 19.3 Å². The summed E-state index contributed by atoms with van der Waals surface area (Å²) in [4.78, 5) is 10.6. The predicted molar refractivity (Wildman–Crippen MR) is 45.1 cm³/mol. The lowest BCUT2D eigenvalue weighted by molar-refractivity contribution is -0.129. The van der Waals surface area contributed by atoms with Gasteiger partial charge in [0.1, 0.15) is 6.10 Å². The van der Waals surface area contributed by atoms with Gasteiger partial charge in [-0.3, -0.25) is 4.79 Å². The zero-order valence-corrected chi connectivity index (χ0v) is 7.07. The van der Waals surface area contributed by atoms with E-state index >= 15 is 0 Å². The highest BCUT2D eigenvalue weighted by Gasteiger charge is 2.28. The number of carbonyl (C=O) groups excluding carboxylic acids is 1. The summed E-state index contributed by atoms with van der Waals surface area (Å²) in [5.41, 5.74) is 10.7. The lowest BCUT2D eigenvalue weighted by atomic mass is 9.82. The van der Waals surface area contributed by atoms with Crippen LogP contribution in [0.1, 0.15) is 25.7 Å². The van der Waals surface area contributed by atoms with Crippen LogP contribution in [0, 0.1) is 5.92 Å². The smallest absolute Gasteiger partial charge is 0.246 e. The molecule has 0 saturated heterocycles. The SMILES string of the molecule is NC(=O)[C@H](O)[C@H]1CCC[C@H](N)C1. The summed E-state index contributed by atoms with van der Waals surface area (Å²) in [6.45, 7) is 0. The lowest BCUT2D eigenvalue weighted by Crippen LogP contribution is -2.40. The molecule has 3 atom stereocenters. The van der Waals surface area contributed by atoms with Gasteiger partial charge in [-0.1, -0.05) is 6.42 Å². The van der Waals surface area contributed by atoms with Gasteiger partial charge in [-0.25, -0.2) is 0 Å². The molecule has 1 aliphatic carbocycles. The van der Waals surface area contributed by atoms with Crippen molar-refractivity contribution >= 4 is 5.91 Å². The Labute approximate surface area is 71.9 Å². The third-order valence-corrected chi connectivity index (χ3v) is 2.49. The molecule has 4 nitrogen and oxygen atoms in total. The highest BCUT2D eigenvalue weighted by atomic mass is 16.3. The molecular weight excluding hydrogens is 156 g/mol. The summed E-state index contributed by atoms with van der Waals surface area (Å²) < 4.78 is 0. The maximum atomic E-state index is 10.6. The van der Waals surface area contributed by atoms with E-state index in [1.165, 1.54) is 0 Å². The normalized spacial score (nSPS) is 32.8. The second kappa shape index (κ2) is 3.87. The molecule has 4 heteroatoms. The van der Waals surface area contributed by atoms with Gasteiger partial charge in [-0.05, 0) is 25.2 Å². The first-order chi connectivity index (χ1) is 5.61. The van der Waals surface area contributed by atoms with E-state index in [9.17, 15) is 9.90 Å². The van der Waals surface area contributed by atoms with Gasteiger partial charge in [-0.15, -0.1) is 0 Å². The first kappa shape index (κ1) is 9.48. The first-order valence-corrected chi connectivity index (χ1v) is 4.34. The van der Waals surface area contributed by atoms with Crippen molar-refractivity contribution in [1.29, 1.82) is 0 Å². The Morgan fingerprint density at radius 3 is 2.67 bits per heavy atom. The van der Waals surface area contributed by atoms with Crippen LogP contribution in [0.25, 0.3) is 0 Å². The number of aliphatic hydroxyl groups excluding tert-OH is 1. The molecule has 1 rings (SSSR count). The van der Waals surface area contributed by atoms with Crippen molar-refractivity contribution in [1.82, 2.24) is 0 Å². The summed E-state index contributed by atoms with van der Waals surface area (Å²) in [7, 11) is 0. The Morgan fingerprint density at radius 1 is 1.50 bits per heavy atom. The maximum Gasteiger partial charge on any atom is 0.246 e. The molecule has 1 fully saturated rings. The fourth-order valence-electron chi connectivity index (χ4n) is 1.79. The number of carbonyl (C=O) groups is 1. The van der Waals surface area contributed by atoms with E-state index < -0.39 is 12.0 Å². The van der Waals surface area contributed by atoms with Crippen molar-refractivity contribution < 1.29 is 9.90 Å². The van der Waals surface area contributed by atoms with Gasteiger partial charge in [0.2, 0.25) is 5.91 Å². The second-order valence-corrected chi connectivity index (χ2v) is 3.53. The Hall–Kier alpha value is -0.610. The summed E-state index contributed by atoms with van der Waals surface area (Å²) in [6.07, 6.45) is 2.54. The van der Waals surface area contributed by atoms with Crippen LogP contribution in [-0.2, 0) is 4.79 Å². The quantitative estimate of drug-likeness (QED) is 0.517. The average Bonchev–Trinajstić information content (AvgIpc) is 2.03. The van der Waals surface area contributed by atoms with Gasteiger partial charge in [-0.2, -0.15) is 0 Å². The second-order valence-electron chi connectivity index (χ2n) is 3.53. The standard InChI is InChI=1S/C8H16N2O2/c9-6-3-1-2-5(4-6)7(11)8(10)12/h5-7,11H,1-4,9H2,(H2,10,12)/t5-,6-,7+/m0/s1. The number of hydrogen-bond acceptors (Lipinski definition) is 3. The van der Waals surface area contributed by atoms with Crippen LogP contribution < -0.4 is 11.5 Å². The molecule has 0 bridgehead atoms. The van der Waals surface area contributed by atoms with Crippen LogP contribution in [0.15, 0.2) is 0 Å². The van der Waals surface area contributed by atoms with Crippen molar-refractivity contribution in [2.24, 2.45) is 17.4 Å². The molecular formula is C8H16N2O2. The van der Waals surface area contributed by atoms with E-state index in [1.807, 2.05) is 0 Å². The number of hydrogen-bond donors (Lipinski definition) is 3. The van der Waals surface area contributed by atoms with Crippen LogP contribution >= 0.6 is 0 Å². The predicted octanol–water partition coefficient (Wildman–Crippen LogP) is -0.650. The molecule has 0 heterocycles. The maximum absolute atomic E-state index is 10.6. The van der Waals surface area contributed by atoms with Crippen molar-refractivity contribution in [3.8, 4) is 0 Å². The van der Waals surface area contributed by atoms with Gasteiger partial charge >= 0.3 is 0 Å². The molecule has 1 amide bonds. The number of amides is 1. The minimum absolute atomic E-state index is 0.0220. The molecule has 0 spiro atoms. The zero-order chi connectivity index (χ0) is 9.14. The molecule has 70 valence electrons. The van der Waals surface area contributed by atoms with Crippen molar-refractivity contribution in [3.05, 3.63) is 0 Å². The van der Waals surface area contributed by atoms with Gasteiger partial charge in [0.05, 0.1) is 0 Å². The van der Waals surface area contributed by atoms with E-state index in [4.69, 9.17) is 11.5 Å². The van der Waals surface area contributed by atoms with Crippen molar-refractivity contribution in [3.63, 3.8) is 0 Å². The van der Waals surface area contributed by atoms with Crippen LogP contribution in [0.3, 0.4) is 0 Å². The Bertz CT molecular complexity index is 172. The molecule has 12 heavy (non-hydrogen) atoms. The minimum Gasteiger partial charge on any atom is -0.383 e. The summed E-state index contributed by atoms with van der Waals surface area (Å²) in [5, 5.41) is 9.34. The fourth-order valence-corrected chi connectivity index (χ4v) is 1.79. The van der Waals surface area contributed by atoms with E-state index in [1.54, 1.807) is 0 Å². The summed E-state index contributed by atoms with van der Waals surface area (Å²) >= 11 is 0. The highest BCUT2D eigenvalue weighted by Crippen LogP contribution is 2.25. The van der Waals surface area contributed by atoms with Crippen molar-refractivity contribution in [2.45, 2.75) is 37.8 Å². The number of rotatable bonds is 2. The zero-order valence-electron chi connectivity index (χ0n) is 7.07. The Kier molecular flexibility index (Phi) is 3.05. The topological polar surface area (TPSA) is 89.3 Å². The average molecular weight is 172 g/mol. The van der Waals surface area contributed by atoms with Crippen LogP contribution in [0.4, 0.5) is 0 Å². The number of primary amides is 1. The van der Waals surface area contributed by atoms with Crippen LogP contribution in [-0.4, -0.2) is 23.2 Å². The molecule has 0 aromatic carbocycles. The fraction of sp³-hybridized carbons (Fsp3) is 0.875. The minimum atomic E-state index is -1.00. The van der Waals surface area contributed by atoms with Crippen LogP contribution in [0.2, 0.25) is 0 Å². The molecule has 0 unspecified atom stereocenters. The van der Waals surface area contributed by atoms with Gasteiger partial charge in [0.25, 0.3) is 0 Å². The molecule has 0 aromatic heterocycles. The van der Waals surface area contributed by atoms with E-state index in [0.29, 0.717) is 6.42 Å². The Balaban J connectivity index is 2.45. The largest absolute Gasteiger partial charge is 0.383 e. The molecule has 5 N–H and O–H groups in total. The first-order valence-electron chi connectivity index (χ1n) is 4.34. The van der Waals surface area contributed by atoms with E-state index in [2.05, 4.69) is 0 Å². The molecule has 1 aliphatic rings. The lowest BCUT2D eigenvalue weighted by Gasteiger charge is -2.28. The molecule has 0 aromatic rings. The summed E-state index contributed by atoms with van der Waals surface area (Å²) in [5.74, 6) is -0.652. The van der Waals surface area contributed by atoms with Crippen LogP contribution in [0.5, 0.6) is 0 Å². The van der Waals surface area contributed by atoms with Gasteiger partial charge in [0, 0.05) is 6.04 Å². The highest BCUT2D eigenvalue weighted by molar-refractivity contribution is 5.78. The molecule has 1 saturated carbocycles. The van der Waals surface area contributed by atoms with E-state index in [-0.39, 0.29) is 12.0 Å². The third-order valence-electron chi connectivity index (χ3n) is 2.49. The van der Waals surface area contributed by atoms with Crippen molar-refractivity contribution in [2.75, 3.05) is 0 Å². The summed E-state index contributed by atoms with van der Waals surface area (Å²) in [6, 6.07) is 0.123. The molecule has 0 radical (unpaired) electrons. The number of aliphatic hydroxyl groups is 1. The van der Waals surface area contributed by atoms with Gasteiger partial charge < -0.3 is 16.6 Å². The monoisotopic (exact) mass is 172 g/mol. The van der Waals surface area contributed by atoms with Gasteiger partial charge in [0.15, 0.2) is 0 Å². The number of nitrogens with two attached hydrogens (primary N) is 2. The third kappa shape index (κ3) is 2.19.